The molecule has 0 heterocycles. The Balaban J connectivity index is 0.00000165. The highest BCUT2D eigenvalue weighted by Crippen LogP contribution is 2.42. The van der Waals surface area contributed by atoms with Gasteiger partial charge in [0, 0.05) is 27.8 Å². The Kier molecular flexibility index (Phi) is 13.7. The van der Waals surface area contributed by atoms with E-state index < -0.39 is 25.6 Å². The quantitative estimate of drug-likeness (QED) is 0.0340. The first-order chi connectivity index (χ1) is 32.4. The van der Waals surface area contributed by atoms with Crippen LogP contribution in [-0.2, 0) is 20.7 Å². The molecule has 0 atom stereocenters. The Hall–Kier alpha value is -9.19. The number of fused-ring (bicyclic) bond motifs is 2. The highest BCUT2D eigenvalue weighted by Gasteiger charge is 2.18. The van der Waals surface area contributed by atoms with Gasteiger partial charge >= 0.3 is 10.6 Å². The molecule has 0 aromatic heterocycles. The Morgan fingerprint density at radius 2 is 0.956 bits per heavy atom. The van der Waals surface area contributed by atoms with Crippen molar-refractivity contribution in [1.82, 2.24) is 0 Å². The fourth-order valence-electron chi connectivity index (χ4n) is 6.53. The van der Waals surface area contributed by atoms with Crippen LogP contribution in [0, 0.1) is 6.92 Å². The summed E-state index contributed by atoms with van der Waals surface area (Å²) in [5, 5.41) is 61.5. The van der Waals surface area contributed by atoms with Crippen LogP contribution in [-0.4, -0.2) is 35.8 Å². The van der Waals surface area contributed by atoms with Gasteiger partial charge in [0.1, 0.15) is 27.6 Å². The summed E-state index contributed by atoms with van der Waals surface area (Å²) in [4.78, 5) is -0.463. The Morgan fingerprint density at radius 3 is 1.53 bits per heavy atom. The molecule has 0 saturated carbocycles. The zero-order valence-electron chi connectivity index (χ0n) is 35.3. The Morgan fingerprint density at radius 1 is 0.500 bits per heavy atom. The minimum atomic E-state index is -4.75. The van der Waals surface area contributed by atoms with Gasteiger partial charge in [-0.1, -0.05) is 18.2 Å². The van der Waals surface area contributed by atoms with E-state index >= 15 is 0 Å². The molecule has 0 aliphatic carbocycles. The second-order valence-corrected chi connectivity index (χ2v) is 16.4. The van der Waals surface area contributed by atoms with Crippen molar-refractivity contribution in [3.05, 3.63) is 139 Å². The van der Waals surface area contributed by atoms with Gasteiger partial charge in [0.05, 0.1) is 39.8 Å². The predicted octanol–water partition coefficient (Wildman–Crippen LogP) is 11.7. The second-order valence-electron chi connectivity index (χ2n) is 14.6. The van der Waals surface area contributed by atoms with Crippen LogP contribution in [0.1, 0.15) is 5.56 Å². The van der Waals surface area contributed by atoms with E-state index in [1.165, 1.54) is 12.1 Å². The standard InChI is InChI=1S/C45H37N13O5S.O3S/c1-24-18-26-3-8-32(53-56-39-16-6-28(47)20-37(39)49)22-35(26)45(60)43(24)58-54-33-13-17-40(42(23-33)64(61,62)63)50-29-9-11-30(12-10-29)51-57-41-14-4-25-2-7-31(21-34(25)44(41)59)52-55-38-15-5-27(46)19-36(38)48;1-4(2)3/h2-23,50,59-60H,46-49H2,1H3,(H,61,62,63);. The molecule has 342 valence electrons. The molecule has 0 amide bonds. The predicted molar refractivity (Wildman–Crippen MR) is 259 cm³/mol. The van der Waals surface area contributed by atoms with Crippen molar-refractivity contribution in [1.29, 1.82) is 0 Å². The van der Waals surface area contributed by atoms with Gasteiger partial charge in [-0.2, -0.15) is 28.9 Å². The molecule has 12 N–H and O–H groups in total. The van der Waals surface area contributed by atoms with E-state index in [-0.39, 0.29) is 34.2 Å². The molecule has 0 saturated heterocycles. The van der Waals surface area contributed by atoms with E-state index in [9.17, 15) is 23.2 Å². The smallest absolute Gasteiger partial charge is 0.425 e. The SMILES string of the molecule is Cc1cc2ccc(N=Nc3ccc(N)cc3N)cc2c(O)c1N=Nc1ccc(Nc2ccc(N=Nc3ccc4ccc(N=Nc5ccc(N)cc5N)cc4c3O)cc2)c(S(=O)(=O)O)c1.O=S(=O)=O. The number of anilines is 6. The van der Waals surface area contributed by atoms with Crippen LogP contribution in [0.5, 0.6) is 11.5 Å². The molecule has 0 aliphatic heterocycles. The van der Waals surface area contributed by atoms with E-state index in [0.717, 1.165) is 11.5 Å². The van der Waals surface area contributed by atoms with Crippen LogP contribution in [0.15, 0.2) is 179 Å². The molecule has 8 aromatic carbocycles. The van der Waals surface area contributed by atoms with Crippen molar-refractivity contribution in [2.75, 3.05) is 28.3 Å². The van der Waals surface area contributed by atoms with Crippen LogP contribution in [0.2, 0.25) is 0 Å². The van der Waals surface area contributed by atoms with Crippen LogP contribution in [0.4, 0.5) is 79.6 Å². The lowest BCUT2D eigenvalue weighted by Crippen LogP contribution is -2.03. The summed E-state index contributed by atoms with van der Waals surface area (Å²) in [6.07, 6.45) is 0. The first-order valence-electron chi connectivity index (χ1n) is 19.7. The number of aromatic hydroxyl groups is 2. The molecular weight excluding hydrogens is 915 g/mol. The summed E-state index contributed by atoms with van der Waals surface area (Å²) in [7, 11) is -7.86. The van der Waals surface area contributed by atoms with Gasteiger partial charge in [0.15, 0.2) is 11.5 Å². The van der Waals surface area contributed by atoms with Crippen molar-refractivity contribution in [3.8, 4) is 11.5 Å². The minimum absolute atomic E-state index is 0.0555. The third kappa shape index (κ3) is 11.4. The number of nitrogens with one attached hydrogen (secondary N) is 1. The molecule has 0 aliphatic rings. The molecule has 0 unspecified atom stereocenters. The lowest BCUT2D eigenvalue weighted by atomic mass is 10.0. The zero-order valence-corrected chi connectivity index (χ0v) is 36.9. The third-order valence-corrected chi connectivity index (χ3v) is 10.7. The summed E-state index contributed by atoms with van der Waals surface area (Å²) < 4.78 is 60.6. The lowest BCUT2D eigenvalue weighted by molar-refractivity contribution is 0.481. The van der Waals surface area contributed by atoms with Crippen LogP contribution < -0.4 is 28.3 Å². The summed E-state index contributed by atoms with van der Waals surface area (Å²) in [6.45, 7) is 1.74. The molecule has 21 nitrogen and oxygen atoms in total. The van der Waals surface area contributed by atoms with Gasteiger partial charge in [-0.3, -0.25) is 4.55 Å². The van der Waals surface area contributed by atoms with Gasteiger partial charge in [0.25, 0.3) is 10.1 Å². The van der Waals surface area contributed by atoms with Crippen LogP contribution >= 0.6 is 0 Å². The van der Waals surface area contributed by atoms with E-state index in [4.69, 9.17) is 35.6 Å². The normalized spacial score (nSPS) is 11.8. The molecule has 8 rings (SSSR count). The molecule has 0 bridgehead atoms. The number of nitrogen functional groups attached to an aromatic ring is 4. The number of hydrogen-bond donors (Lipinski definition) is 8. The number of rotatable bonds is 11. The number of azo groups is 4. The van der Waals surface area contributed by atoms with E-state index in [0.29, 0.717) is 78.6 Å². The highest BCUT2D eigenvalue weighted by atomic mass is 32.2. The second kappa shape index (κ2) is 19.9. The van der Waals surface area contributed by atoms with Crippen molar-refractivity contribution in [3.63, 3.8) is 0 Å². The number of hydrogen-bond acceptors (Lipinski definition) is 20. The zero-order chi connectivity index (χ0) is 48.7. The summed E-state index contributed by atoms with van der Waals surface area (Å²) >= 11 is 0. The van der Waals surface area contributed by atoms with Crippen molar-refractivity contribution in [2.45, 2.75) is 11.8 Å². The van der Waals surface area contributed by atoms with Crippen molar-refractivity contribution >= 4 is 122 Å². The highest BCUT2D eigenvalue weighted by molar-refractivity contribution is 7.86. The number of aryl methyl sites for hydroxylation is 1. The maximum atomic E-state index is 12.6. The van der Waals surface area contributed by atoms with Gasteiger partial charge in [-0.25, -0.2) is 0 Å². The fraction of sp³-hybridized carbons (Fsp3) is 0.0222. The lowest BCUT2D eigenvalue weighted by Gasteiger charge is -2.11. The number of nitrogens with two attached hydrogens (primary N) is 4. The van der Waals surface area contributed by atoms with Gasteiger partial charge in [0.2, 0.25) is 0 Å². The van der Waals surface area contributed by atoms with E-state index in [1.807, 2.05) is 6.07 Å². The molecule has 23 heteroatoms. The molecule has 0 fully saturated rings. The van der Waals surface area contributed by atoms with Crippen LogP contribution in [0.3, 0.4) is 0 Å². The average molecular weight is 952 g/mol. The van der Waals surface area contributed by atoms with Crippen molar-refractivity contribution < 1.29 is 35.8 Å². The topological polar surface area (TPSA) is 361 Å². The monoisotopic (exact) mass is 951 g/mol. The first-order valence-corrected chi connectivity index (χ1v) is 22.1. The number of phenols is 2. The molecule has 0 spiro atoms. The van der Waals surface area contributed by atoms with Crippen molar-refractivity contribution in [2.24, 2.45) is 40.9 Å². The summed E-state index contributed by atoms with van der Waals surface area (Å²) in [5.74, 6) is -0.285. The molecular formula is C45H37N13O8S2. The van der Waals surface area contributed by atoms with Gasteiger partial charge in [-0.05, 0) is 139 Å². The minimum Gasteiger partial charge on any atom is -0.505 e. The molecule has 0 radical (unpaired) electrons. The summed E-state index contributed by atoms with van der Waals surface area (Å²) in [5.41, 5.74) is 29.0. The fourth-order valence-corrected chi connectivity index (χ4v) is 7.20. The first kappa shape index (κ1) is 46.8. The Labute approximate surface area is 387 Å². The Bertz CT molecular complexity index is 3620. The van der Waals surface area contributed by atoms with Crippen LogP contribution in [0.25, 0.3) is 21.5 Å². The van der Waals surface area contributed by atoms with E-state index in [1.54, 1.807) is 116 Å². The maximum absolute atomic E-state index is 12.6. The van der Waals surface area contributed by atoms with E-state index in [2.05, 4.69) is 46.2 Å². The number of benzene rings is 8. The largest absolute Gasteiger partial charge is 0.505 e. The van der Waals surface area contributed by atoms with Gasteiger partial charge < -0.3 is 38.5 Å². The number of nitrogens with zero attached hydrogens (tertiary/aromatic N) is 8. The maximum Gasteiger partial charge on any atom is 0.425 e. The van der Waals surface area contributed by atoms with Gasteiger partial charge in [-0.15, -0.1) is 33.1 Å². The third-order valence-electron chi connectivity index (χ3n) is 9.79. The molecule has 68 heavy (non-hydrogen) atoms. The number of phenolic OH excluding ortho intramolecular Hbond substituents is 2. The summed E-state index contributed by atoms with van der Waals surface area (Å²) in [6, 6.07) is 36.0. The molecule has 8 aromatic rings. The average Bonchev–Trinajstić information content (AvgIpc) is 3.29.